The first-order chi connectivity index (χ1) is 33.8. The van der Waals surface area contributed by atoms with Crippen LogP contribution in [0.15, 0.2) is 67.7 Å². The number of benzene rings is 2. The van der Waals surface area contributed by atoms with E-state index in [0.717, 1.165) is 72.0 Å². The molecule has 2 aromatic carbocycles. The highest BCUT2D eigenvalue weighted by molar-refractivity contribution is 5.81. The van der Waals surface area contributed by atoms with Gasteiger partial charge >= 0.3 is 11.4 Å². The lowest BCUT2D eigenvalue weighted by Gasteiger charge is -2.31. The highest BCUT2D eigenvalue weighted by Crippen LogP contribution is 2.25. The number of nitrogens with zero attached hydrogens (tertiary/aromatic N) is 14. The zero-order chi connectivity index (χ0) is 49.4. The van der Waals surface area contributed by atoms with E-state index < -0.39 is 22.5 Å². The van der Waals surface area contributed by atoms with Gasteiger partial charge in [-0.15, -0.1) is 11.8 Å². The van der Waals surface area contributed by atoms with Gasteiger partial charge in [-0.25, -0.2) is 29.5 Å². The molecule has 20 nitrogen and oxygen atoms in total. The molecule has 6 aromatic heterocycles. The van der Waals surface area contributed by atoms with Gasteiger partial charge in [-0.05, 0) is 65.5 Å². The Balaban J connectivity index is 0.000000174. The van der Waals surface area contributed by atoms with Crippen LogP contribution in [0.1, 0.15) is 62.6 Å². The van der Waals surface area contributed by atoms with Crippen LogP contribution in [0, 0.1) is 37.5 Å². The average molecular weight is 945 g/mol. The second-order valence-corrected chi connectivity index (χ2v) is 17.8. The molecule has 0 aliphatic carbocycles. The molecule has 2 fully saturated rings. The zero-order valence-electron chi connectivity index (χ0n) is 40.3. The minimum atomic E-state index is -0.468. The number of rotatable bonds is 8. The predicted octanol–water partition coefficient (Wildman–Crippen LogP) is 2.29. The van der Waals surface area contributed by atoms with Crippen molar-refractivity contribution in [2.45, 2.75) is 91.6 Å². The first kappa shape index (κ1) is 47.1. The quantitative estimate of drug-likeness (QED) is 0.208. The summed E-state index contributed by atoms with van der Waals surface area (Å²) >= 11 is 0. The van der Waals surface area contributed by atoms with Gasteiger partial charge in [0.15, 0.2) is 22.3 Å². The fourth-order valence-corrected chi connectivity index (χ4v) is 9.49. The zero-order valence-corrected chi connectivity index (χ0v) is 40.3. The maximum atomic E-state index is 13.7. The number of anilines is 2. The van der Waals surface area contributed by atoms with Crippen molar-refractivity contribution < 1.29 is 0 Å². The third-order valence-electron chi connectivity index (χ3n) is 13.0. The van der Waals surface area contributed by atoms with Crippen LogP contribution >= 0.6 is 0 Å². The van der Waals surface area contributed by atoms with E-state index in [4.69, 9.17) is 21.4 Å². The number of aryl methyl sites for hydroxylation is 4. The van der Waals surface area contributed by atoms with Crippen molar-refractivity contribution in [3.63, 3.8) is 0 Å². The molecule has 2 atom stereocenters. The highest BCUT2D eigenvalue weighted by atomic mass is 16.2. The third-order valence-corrected chi connectivity index (χ3v) is 13.0. The Bertz CT molecular complexity index is 3480. The summed E-state index contributed by atoms with van der Waals surface area (Å²) in [5.74, 6) is 13.9. The van der Waals surface area contributed by atoms with Crippen molar-refractivity contribution in [2.75, 3.05) is 36.0 Å². The van der Waals surface area contributed by atoms with E-state index in [1.54, 1.807) is 37.1 Å². The van der Waals surface area contributed by atoms with Gasteiger partial charge in [0.2, 0.25) is 11.9 Å². The standard InChI is InChI=1S/2C25H28N8O2/c2*1-4-5-13-32-21-22(29-24(32)31-12-8-9-17(26)14-31)30(3)25(35)33(23(21)34)15-20-27-16(2)18-10-6-7-11-19(18)28-20/h2*6-7,10-11,17H,8-9,12-15,26H2,1-3H3/t17-;/m1./s1. The molecular formula is C50H56N16O4. The van der Waals surface area contributed by atoms with Crippen LogP contribution in [0.3, 0.4) is 0 Å². The number of imidazole rings is 2. The minimum Gasteiger partial charge on any atom is -0.341 e. The van der Waals surface area contributed by atoms with Gasteiger partial charge < -0.3 is 21.3 Å². The van der Waals surface area contributed by atoms with Crippen LogP contribution in [-0.4, -0.2) is 95.6 Å². The molecule has 1 unspecified atom stereocenters. The monoisotopic (exact) mass is 944 g/mol. The lowest BCUT2D eigenvalue weighted by Crippen LogP contribution is -2.44. The molecular weight excluding hydrogens is 889 g/mol. The number of para-hydroxylation sites is 2. The molecule has 2 saturated heterocycles. The number of hydrogen-bond donors (Lipinski definition) is 2. The Hall–Kier alpha value is -7.94. The number of fused-ring (bicyclic) bond motifs is 4. The molecule has 0 spiro atoms. The highest BCUT2D eigenvalue weighted by Gasteiger charge is 2.28. The summed E-state index contributed by atoms with van der Waals surface area (Å²) in [6.07, 6.45) is 3.77. The van der Waals surface area contributed by atoms with Crippen LogP contribution in [0.2, 0.25) is 0 Å². The van der Waals surface area contributed by atoms with Crippen molar-refractivity contribution >= 4 is 56.0 Å². The molecule has 0 radical (unpaired) electrons. The summed E-state index contributed by atoms with van der Waals surface area (Å²) in [5.41, 5.74) is 15.1. The summed E-state index contributed by atoms with van der Waals surface area (Å²) in [4.78, 5) is 86.0. The first-order valence-corrected chi connectivity index (χ1v) is 23.4. The molecule has 70 heavy (non-hydrogen) atoms. The van der Waals surface area contributed by atoms with Crippen molar-refractivity contribution in [1.82, 2.24) is 57.3 Å². The van der Waals surface area contributed by atoms with Crippen molar-refractivity contribution in [3.8, 4) is 23.7 Å². The fourth-order valence-electron chi connectivity index (χ4n) is 9.49. The molecule has 10 rings (SSSR count). The summed E-state index contributed by atoms with van der Waals surface area (Å²) in [7, 11) is 3.25. The SMILES string of the molecule is CC#CCn1c(N2CCCC(N)C2)nc2c1c(=O)n(Cc1nc(C)c3ccccc3n1)c(=O)n2C.CC#CCn1c(N2CCC[C@@H](N)C2)nc2c1c(=O)n(Cc1nc(C)c3ccccc3n1)c(=O)n2C. The second kappa shape index (κ2) is 19.6. The number of hydrogen-bond acceptors (Lipinski definition) is 14. The molecule has 0 bridgehead atoms. The largest absolute Gasteiger partial charge is 0.341 e. The fraction of sp³-hybridized carbons (Fsp3) is 0.400. The lowest BCUT2D eigenvalue weighted by molar-refractivity contribution is 0.496. The third kappa shape index (κ3) is 8.83. The Morgan fingerprint density at radius 1 is 0.571 bits per heavy atom. The molecule has 2 aliphatic rings. The van der Waals surface area contributed by atoms with Crippen LogP contribution in [0.25, 0.3) is 44.1 Å². The maximum absolute atomic E-state index is 13.7. The van der Waals surface area contributed by atoms with E-state index in [0.29, 0.717) is 59.0 Å². The van der Waals surface area contributed by atoms with Crippen molar-refractivity contribution in [3.05, 3.63) is 113 Å². The second-order valence-electron chi connectivity index (χ2n) is 17.8. The number of aromatic nitrogens is 12. The Labute approximate surface area is 402 Å². The molecule has 0 amide bonds. The molecule has 4 N–H and O–H groups in total. The number of nitrogens with two attached hydrogens (primary N) is 2. The first-order valence-electron chi connectivity index (χ1n) is 23.4. The molecule has 8 aromatic rings. The van der Waals surface area contributed by atoms with Crippen LogP contribution in [0.4, 0.5) is 11.9 Å². The lowest BCUT2D eigenvalue weighted by atomic mass is 10.1. The summed E-state index contributed by atoms with van der Waals surface area (Å²) in [6.45, 7) is 10.6. The van der Waals surface area contributed by atoms with Gasteiger partial charge in [0, 0.05) is 74.5 Å². The van der Waals surface area contributed by atoms with Crippen LogP contribution in [0.5, 0.6) is 0 Å². The molecule has 2 aliphatic heterocycles. The summed E-state index contributed by atoms with van der Waals surface area (Å²) in [6, 6.07) is 15.4. The number of piperidine rings is 2. The Morgan fingerprint density at radius 3 is 1.36 bits per heavy atom. The van der Waals surface area contributed by atoms with Crippen molar-refractivity contribution in [1.29, 1.82) is 0 Å². The maximum Gasteiger partial charge on any atom is 0.332 e. The van der Waals surface area contributed by atoms with E-state index in [-0.39, 0.29) is 38.3 Å². The predicted molar refractivity (Wildman–Crippen MR) is 271 cm³/mol. The van der Waals surface area contributed by atoms with Gasteiger partial charge in [-0.2, -0.15) is 9.97 Å². The molecule has 8 heterocycles. The smallest absolute Gasteiger partial charge is 0.332 e. The van der Waals surface area contributed by atoms with E-state index >= 15 is 0 Å². The van der Waals surface area contributed by atoms with Crippen LogP contribution in [-0.2, 0) is 40.3 Å². The van der Waals surface area contributed by atoms with Gasteiger partial charge in [-0.3, -0.25) is 37.0 Å². The van der Waals surface area contributed by atoms with E-state index in [2.05, 4.69) is 53.4 Å². The van der Waals surface area contributed by atoms with E-state index in [1.807, 2.05) is 62.4 Å². The molecule has 0 saturated carbocycles. The Kier molecular flexibility index (Phi) is 13.2. The summed E-state index contributed by atoms with van der Waals surface area (Å²) in [5, 5.41) is 1.88. The Morgan fingerprint density at radius 2 is 0.971 bits per heavy atom. The molecule has 360 valence electrons. The summed E-state index contributed by atoms with van der Waals surface area (Å²) < 4.78 is 8.77. The average Bonchev–Trinajstić information content (AvgIpc) is 3.94. The van der Waals surface area contributed by atoms with Gasteiger partial charge in [0.05, 0.1) is 37.2 Å². The van der Waals surface area contributed by atoms with Crippen LogP contribution < -0.4 is 43.8 Å². The van der Waals surface area contributed by atoms with Gasteiger partial charge in [-0.1, -0.05) is 48.2 Å². The van der Waals surface area contributed by atoms with Gasteiger partial charge in [0.1, 0.15) is 11.6 Å². The van der Waals surface area contributed by atoms with E-state index in [9.17, 15) is 19.2 Å². The molecule has 20 heteroatoms. The van der Waals surface area contributed by atoms with Crippen molar-refractivity contribution in [2.24, 2.45) is 25.6 Å². The normalized spacial score (nSPS) is 16.0. The topological polar surface area (TPSA) is 234 Å². The minimum absolute atomic E-state index is 0.0306. The van der Waals surface area contributed by atoms with E-state index in [1.165, 1.54) is 18.3 Å². The van der Waals surface area contributed by atoms with Gasteiger partial charge in [0.25, 0.3) is 11.1 Å².